The number of rotatable bonds is 7. The normalized spacial score (nSPS) is 10.8. The van der Waals surface area contributed by atoms with E-state index in [4.69, 9.17) is 5.41 Å². The number of nitrogens with one attached hydrogen (secondary N) is 1. The molecule has 0 spiro atoms. The van der Waals surface area contributed by atoms with Crippen LogP contribution in [0.15, 0.2) is 6.07 Å². The van der Waals surface area contributed by atoms with Crippen LogP contribution in [-0.2, 0) is 19.3 Å². The Morgan fingerprint density at radius 3 is 2.21 bits per heavy atom. The van der Waals surface area contributed by atoms with Gasteiger partial charge in [0, 0.05) is 5.56 Å². The van der Waals surface area contributed by atoms with Gasteiger partial charge in [0.05, 0.1) is 5.71 Å². The summed E-state index contributed by atoms with van der Waals surface area (Å²) >= 11 is 0. The average Bonchev–Trinajstić information content (AvgIpc) is 2.42. The lowest BCUT2D eigenvalue weighted by molar-refractivity contribution is 0.580. The summed E-state index contributed by atoms with van der Waals surface area (Å²) in [7, 11) is 0. The maximum absolute atomic E-state index is 12.8. The first-order valence-electron chi connectivity index (χ1n) is 7.38. The van der Waals surface area contributed by atoms with Crippen molar-refractivity contribution >= 4 is 5.71 Å². The van der Waals surface area contributed by atoms with Gasteiger partial charge in [-0.15, -0.1) is 0 Å². The van der Waals surface area contributed by atoms with Crippen molar-refractivity contribution < 1.29 is 4.39 Å². The Kier molecular flexibility index (Phi) is 6.20. The Morgan fingerprint density at radius 2 is 1.74 bits per heavy atom. The smallest absolute Gasteiger partial charge is 0.131 e. The zero-order valence-corrected chi connectivity index (χ0v) is 12.7. The van der Waals surface area contributed by atoms with Crippen molar-refractivity contribution in [2.45, 2.75) is 59.8 Å². The fourth-order valence-electron chi connectivity index (χ4n) is 2.86. The molecule has 0 amide bonds. The van der Waals surface area contributed by atoms with Gasteiger partial charge in [0.1, 0.15) is 6.67 Å². The van der Waals surface area contributed by atoms with Crippen LogP contribution in [0.25, 0.3) is 0 Å². The molecule has 0 radical (unpaired) electrons. The van der Waals surface area contributed by atoms with Gasteiger partial charge in [0.15, 0.2) is 0 Å². The second-order valence-electron chi connectivity index (χ2n) is 5.13. The Balaban J connectivity index is 3.47. The van der Waals surface area contributed by atoms with Gasteiger partial charge >= 0.3 is 0 Å². The molecule has 1 nitrogen and oxygen atoms in total. The second-order valence-corrected chi connectivity index (χ2v) is 5.13. The summed E-state index contributed by atoms with van der Waals surface area (Å²) < 4.78 is 12.8. The molecular formula is C17H26FN. The molecule has 0 atom stereocenters. The molecule has 0 bridgehead atoms. The number of hydrogen-bond acceptors (Lipinski definition) is 1. The minimum Gasteiger partial charge on any atom is -0.302 e. The van der Waals surface area contributed by atoms with Crippen LogP contribution in [0.3, 0.4) is 0 Å². The molecule has 1 aromatic carbocycles. The molecule has 0 aliphatic rings. The number of hydrogen-bond donors (Lipinski definition) is 1. The first kappa shape index (κ1) is 15.9. The van der Waals surface area contributed by atoms with E-state index >= 15 is 0 Å². The lowest BCUT2D eigenvalue weighted by Gasteiger charge is -2.19. The van der Waals surface area contributed by atoms with Gasteiger partial charge < -0.3 is 5.41 Å². The number of aryl methyl sites for hydroxylation is 1. The van der Waals surface area contributed by atoms with Crippen molar-refractivity contribution in [1.29, 1.82) is 5.41 Å². The van der Waals surface area contributed by atoms with Gasteiger partial charge in [-0.25, -0.2) is 4.39 Å². The Labute approximate surface area is 116 Å². The van der Waals surface area contributed by atoms with Gasteiger partial charge in [-0.2, -0.15) is 0 Å². The third-order valence-electron chi connectivity index (χ3n) is 3.76. The van der Waals surface area contributed by atoms with E-state index in [0.29, 0.717) is 0 Å². The average molecular weight is 263 g/mol. The summed E-state index contributed by atoms with van der Waals surface area (Å²) in [6.07, 6.45) is 5.25. The van der Waals surface area contributed by atoms with E-state index in [-0.39, 0.29) is 5.71 Å². The molecule has 0 fully saturated rings. The van der Waals surface area contributed by atoms with E-state index in [9.17, 15) is 4.39 Å². The minimum absolute atomic E-state index is 0.120. The number of alkyl halides is 1. The molecule has 1 N–H and O–H groups in total. The Hall–Kier alpha value is -1.18. The predicted octanol–water partition coefficient (Wildman–Crippen LogP) is 4.80. The van der Waals surface area contributed by atoms with Gasteiger partial charge in [-0.05, 0) is 54.5 Å². The fraction of sp³-hybridized carbons (Fsp3) is 0.588. The molecule has 1 rings (SSSR count). The van der Waals surface area contributed by atoms with Crippen molar-refractivity contribution in [3.05, 3.63) is 33.9 Å². The minimum atomic E-state index is -0.677. The summed E-state index contributed by atoms with van der Waals surface area (Å²) in [6, 6.07) is 2.05. The monoisotopic (exact) mass is 263 g/mol. The highest BCUT2D eigenvalue weighted by atomic mass is 19.1. The molecule has 0 unspecified atom stereocenters. The molecule has 1 aromatic rings. The highest BCUT2D eigenvalue weighted by Gasteiger charge is 2.15. The largest absolute Gasteiger partial charge is 0.302 e. The van der Waals surface area contributed by atoms with Crippen LogP contribution >= 0.6 is 0 Å². The van der Waals surface area contributed by atoms with Gasteiger partial charge in [0.25, 0.3) is 0 Å². The van der Waals surface area contributed by atoms with Crippen LogP contribution in [0.2, 0.25) is 0 Å². The second kappa shape index (κ2) is 7.42. The quantitative estimate of drug-likeness (QED) is 0.683. The van der Waals surface area contributed by atoms with Crippen LogP contribution in [0.4, 0.5) is 4.39 Å². The summed E-state index contributed by atoms with van der Waals surface area (Å²) in [5, 5.41) is 7.83. The van der Waals surface area contributed by atoms with E-state index in [2.05, 4.69) is 26.8 Å². The topological polar surface area (TPSA) is 23.9 Å². The predicted molar refractivity (Wildman–Crippen MR) is 81.4 cm³/mol. The molecule has 0 saturated carbocycles. The summed E-state index contributed by atoms with van der Waals surface area (Å²) in [5.74, 6) is 0. The van der Waals surface area contributed by atoms with E-state index in [1.165, 1.54) is 16.7 Å². The molecule has 0 aliphatic heterocycles. The third kappa shape index (κ3) is 3.43. The highest BCUT2D eigenvalue weighted by molar-refractivity contribution is 6.01. The van der Waals surface area contributed by atoms with Crippen LogP contribution in [0.5, 0.6) is 0 Å². The molecule has 0 aliphatic carbocycles. The van der Waals surface area contributed by atoms with Crippen LogP contribution in [0.1, 0.15) is 61.4 Å². The highest BCUT2D eigenvalue weighted by Crippen LogP contribution is 2.26. The molecule has 0 heterocycles. The van der Waals surface area contributed by atoms with Crippen molar-refractivity contribution in [2.75, 3.05) is 6.67 Å². The maximum atomic E-state index is 12.8. The zero-order valence-electron chi connectivity index (χ0n) is 12.7. The SMILES string of the molecule is CCCc1cc(C(=N)CF)c(C)c(CCC)c1CC. The maximum Gasteiger partial charge on any atom is 0.131 e. The third-order valence-corrected chi connectivity index (χ3v) is 3.76. The Bertz CT molecular complexity index is 449. The van der Waals surface area contributed by atoms with Gasteiger partial charge in [-0.1, -0.05) is 33.6 Å². The zero-order chi connectivity index (χ0) is 14.4. The van der Waals surface area contributed by atoms with Crippen LogP contribution in [-0.4, -0.2) is 12.4 Å². The van der Waals surface area contributed by atoms with E-state index in [0.717, 1.165) is 43.2 Å². The molecule has 0 saturated heterocycles. The summed E-state index contributed by atoms with van der Waals surface area (Å²) in [6.45, 7) is 7.89. The lowest BCUT2D eigenvalue weighted by Crippen LogP contribution is -2.11. The lowest BCUT2D eigenvalue weighted by atomic mass is 9.86. The van der Waals surface area contributed by atoms with Gasteiger partial charge in [-0.3, -0.25) is 0 Å². The molecule has 2 heteroatoms. The number of halogens is 1. The molecule has 19 heavy (non-hydrogen) atoms. The summed E-state index contributed by atoms with van der Waals surface area (Å²) in [5.41, 5.74) is 6.13. The molecule has 106 valence electrons. The summed E-state index contributed by atoms with van der Waals surface area (Å²) in [4.78, 5) is 0. The van der Waals surface area contributed by atoms with Gasteiger partial charge in [0.2, 0.25) is 0 Å². The van der Waals surface area contributed by atoms with Crippen LogP contribution < -0.4 is 0 Å². The van der Waals surface area contributed by atoms with E-state index in [1.807, 2.05) is 6.92 Å². The molecule has 0 aromatic heterocycles. The Morgan fingerprint density at radius 1 is 1.11 bits per heavy atom. The fourth-order valence-corrected chi connectivity index (χ4v) is 2.86. The van der Waals surface area contributed by atoms with E-state index in [1.54, 1.807) is 0 Å². The molecular weight excluding hydrogens is 237 g/mol. The van der Waals surface area contributed by atoms with Crippen molar-refractivity contribution in [2.24, 2.45) is 0 Å². The van der Waals surface area contributed by atoms with Crippen LogP contribution in [0, 0.1) is 12.3 Å². The van der Waals surface area contributed by atoms with Crippen molar-refractivity contribution in [3.63, 3.8) is 0 Å². The first-order valence-corrected chi connectivity index (χ1v) is 7.38. The van der Waals surface area contributed by atoms with E-state index < -0.39 is 6.67 Å². The standard InChI is InChI=1S/C17H26FN/c1-5-8-13-10-16(17(19)11-18)12(4)15(9-6-2)14(13)7-3/h10,19H,5-9,11H2,1-4H3. The number of benzene rings is 1. The van der Waals surface area contributed by atoms with Crippen molar-refractivity contribution in [1.82, 2.24) is 0 Å². The first-order chi connectivity index (χ1) is 9.10. The van der Waals surface area contributed by atoms with Crippen molar-refractivity contribution in [3.8, 4) is 0 Å².